The van der Waals surface area contributed by atoms with E-state index >= 15 is 0 Å². The molecule has 0 unspecified atom stereocenters. The molecule has 8 heteroatoms. The molecule has 1 saturated heterocycles. The summed E-state index contributed by atoms with van der Waals surface area (Å²) in [6, 6.07) is 12.2. The first kappa shape index (κ1) is 19.7. The molecule has 3 rings (SSSR count). The zero-order chi connectivity index (χ0) is 19.6. The summed E-state index contributed by atoms with van der Waals surface area (Å²) < 4.78 is 26.5. The summed E-state index contributed by atoms with van der Waals surface area (Å²) >= 11 is 6.11. The van der Waals surface area contributed by atoms with Gasteiger partial charge in [-0.15, -0.1) is 0 Å². The SMILES string of the molecule is Cc1ccc(S(=O)(=O)N(C=O)N2CCN(c3cc(Cl)ccc3C)CC2)cc1. The van der Waals surface area contributed by atoms with Crippen LogP contribution in [0.25, 0.3) is 0 Å². The van der Waals surface area contributed by atoms with Crippen molar-refractivity contribution < 1.29 is 13.2 Å². The van der Waals surface area contributed by atoms with Crippen molar-refractivity contribution in [2.24, 2.45) is 0 Å². The van der Waals surface area contributed by atoms with Crippen molar-refractivity contribution in [2.75, 3.05) is 31.1 Å². The Hall–Kier alpha value is -2.09. The zero-order valence-corrected chi connectivity index (χ0v) is 16.9. The number of amides is 1. The Morgan fingerprint density at radius 3 is 2.22 bits per heavy atom. The normalized spacial score (nSPS) is 15.6. The van der Waals surface area contributed by atoms with Gasteiger partial charge in [0.2, 0.25) is 6.41 Å². The molecule has 0 spiro atoms. The van der Waals surface area contributed by atoms with Gasteiger partial charge in [0.1, 0.15) is 0 Å². The Morgan fingerprint density at radius 1 is 1.00 bits per heavy atom. The summed E-state index contributed by atoms with van der Waals surface area (Å²) in [5.74, 6) is 0. The third kappa shape index (κ3) is 4.10. The number of sulfonamides is 1. The first-order chi connectivity index (χ1) is 12.8. The molecule has 0 radical (unpaired) electrons. The molecule has 2 aromatic rings. The van der Waals surface area contributed by atoms with E-state index < -0.39 is 10.0 Å². The number of aryl methyl sites for hydroxylation is 2. The highest BCUT2D eigenvalue weighted by Crippen LogP contribution is 2.26. The fraction of sp³-hybridized carbons (Fsp3) is 0.316. The fourth-order valence-corrected chi connectivity index (χ4v) is 4.59. The summed E-state index contributed by atoms with van der Waals surface area (Å²) in [5.41, 5.74) is 3.09. The van der Waals surface area contributed by atoms with Gasteiger partial charge in [-0.1, -0.05) is 35.4 Å². The fourth-order valence-electron chi connectivity index (χ4n) is 3.15. The van der Waals surface area contributed by atoms with Gasteiger partial charge in [-0.05, 0) is 43.7 Å². The van der Waals surface area contributed by atoms with Crippen LogP contribution in [-0.4, -0.2) is 50.4 Å². The number of carbonyl (C=O) groups is 1. The van der Waals surface area contributed by atoms with Crippen molar-refractivity contribution >= 4 is 33.7 Å². The van der Waals surface area contributed by atoms with Crippen LogP contribution in [0.3, 0.4) is 0 Å². The lowest BCUT2D eigenvalue weighted by Crippen LogP contribution is -2.55. The van der Waals surface area contributed by atoms with Crippen LogP contribution in [0.1, 0.15) is 11.1 Å². The van der Waals surface area contributed by atoms with Crippen molar-refractivity contribution in [3.05, 3.63) is 58.6 Å². The topological polar surface area (TPSA) is 60.9 Å². The molecule has 1 fully saturated rings. The van der Waals surface area contributed by atoms with Crippen LogP contribution in [0, 0.1) is 13.8 Å². The van der Waals surface area contributed by atoms with Gasteiger partial charge in [-0.2, -0.15) is 12.8 Å². The minimum atomic E-state index is -3.91. The molecule has 0 aliphatic carbocycles. The van der Waals surface area contributed by atoms with E-state index in [1.54, 1.807) is 17.1 Å². The molecule has 0 aromatic heterocycles. The third-order valence-corrected chi connectivity index (χ3v) is 6.61. The van der Waals surface area contributed by atoms with E-state index in [0.717, 1.165) is 21.2 Å². The second kappa shape index (κ2) is 7.88. The number of benzene rings is 2. The Kier molecular flexibility index (Phi) is 5.74. The quantitative estimate of drug-likeness (QED) is 0.713. The zero-order valence-electron chi connectivity index (χ0n) is 15.3. The number of nitrogens with zero attached hydrogens (tertiary/aromatic N) is 3. The number of hydrogen-bond donors (Lipinski definition) is 0. The maximum atomic E-state index is 12.8. The van der Waals surface area contributed by atoms with Crippen molar-refractivity contribution in [2.45, 2.75) is 18.7 Å². The van der Waals surface area contributed by atoms with Gasteiger partial charge in [-0.3, -0.25) is 4.79 Å². The van der Waals surface area contributed by atoms with Gasteiger partial charge >= 0.3 is 0 Å². The van der Waals surface area contributed by atoms with Crippen LogP contribution in [0.4, 0.5) is 5.69 Å². The van der Waals surface area contributed by atoms with Gasteiger partial charge in [0.05, 0.1) is 4.90 Å². The Labute approximate surface area is 165 Å². The van der Waals surface area contributed by atoms with E-state index in [1.165, 1.54) is 12.1 Å². The van der Waals surface area contributed by atoms with Crippen LogP contribution in [0.5, 0.6) is 0 Å². The van der Waals surface area contributed by atoms with Crippen molar-refractivity contribution in [1.82, 2.24) is 9.42 Å². The molecule has 0 atom stereocenters. The van der Waals surface area contributed by atoms with Crippen molar-refractivity contribution in [3.63, 3.8) is 0 Å². The molecule has 0 saturated carbocycles. The van der Waals surface area contributed by atoms with E-state index in [4.69, 9.17) is 11.6 Å². The van der Waals surface area contributed by atoms with Crippen molar-refractivity contribution in [1.29, 1.82) is 0 Å². The number of halogens is 1. The molecule has 2 aromatic carbocycles. The number of hydrazine groups is 1. The van der Waals surface area contributed by atoms with E-state index in [2.05, 4.69) is 4.90 Å². The maximum absolute atomic E-state index is 12.8. The molecule has 1 heterocycles. The Morgan fingerprint density at radius 2 is 1.63 bits per heavy atom. The summed E-state index contributed by atoms with van der Waals surface area (Å²) in [7, 11) is -3.91. The highest BCUT2D eigenvalue weighted by Gasteiger charge is 2.31. The van der Waals surface area contributed by atoms with E-state index in [0.29, 0.717) is 37.6 Å². The summed E-state index contributed by atoms with van der Waals surface area (Å²) in [4.78, 5) is 13.9. The van der Waals surface area contributed by atoms with Crippen LogP contribution < -0.4 is 4.90 Å². The van der Waals surface area contributed by atoms with Gasteiger partial charge in [0.25, 0.3) is 10.0 Å². The molecular weight excluding hydrogens is 386 g/mol. The van der Waals surface area contributed by atoms with Crippen LogP contribution in [-0.2, 0) is 14.8 Å². The number of hydrogen-bond acceptors (Lipinski definition) is 5. The Bertz CT molecular complexity index is 924. The summed E-state index contributed by atoms with van der Waals surface area (Å²) in [6.07, 6.45) is 0.371. The van der Waals surface area contributed by atoms with Gasteiger partial charge in [-0.25, -0.2) is 5.01 Å². The number of piperazine rings is 1. The second-order valence-corrected chi connectivity index (χ2v) is 8.80. The lowest BCUT2D eigenvalue weighted by atomic mass is 10.1. The van der Waals surface area contributed by atoms with E-state index in [9.17, 15) is 13.2 Å². The molecule has 144 valence electrons. The predicted octanol–water partition coefficient (Wildman–Crippen LogP) is 2.84. The minimum absolute atomic E-state index is 0.105. The highest BCUT2D eigenvalue weighted by molar-refractivity contribution is 7.89. The Balaban J connectivity index is 1.76. The largest absolute Gasteiger partial charge is 0.369 e. The van der Waals surface area contributed by atoms with Crippen LogP contribution in [0.2, 0.25) is 5.02 Å². The second-order valence-electron chi connectivity index (χ2n) is 6.57. The molecule has 1 amide bonds. The molecule has 0 bridgehead atoms. The molecule has 1 aliphatic rings. The van der Waals surface area contributed by atoms with Gasteiger partial charge < -0.3 is 4.90 Å². The maximum Gasteiger partial charge on any atom is 0.280 e. The number of carbonyl (C=O) groups excluding carboxylic acids is 1. The lowest BCUT2D eigenvalue weighted by Gasteiger charge is -2.39. The lowest BCUT2D eigenvalue weighted by molar-refractivity contribution is -0.124. The minimum Gasteiger partial charge on any atom is -0.369 e. The molecule has 27 heavy (non-hydrogen) atoms. The van der Waals surface area contributed by atoms with E-state index in [-0.39, 0.29) is 4.90 Å². The standard InChI is InChI=1S/C19H22ClN3O3S/c1-15-3-7-18(8-4-15)27(25,26)23(14-24)22-11-9-21(10-12-22)19-13-17(20)6-5-16(19)2/h3-8,13-14H,9-12H2,1-2H3. The van der Waals surface area contributed by atoms with Crippen LogP contribution in [0.15, 0.2) is 47.4 Å². The molecule has 6 nitrogen and oxygen atoms in total. The molecule has 1 aliphatic heterocycles. The first-order valence-electron chi connectivity index (χ1n) is 8.65. The molecule has 0 N–H and O–H groups in total. The monoisotopic (exact) mass is 407 g/mol. The summed E-state index contributed by atoms with van der Waals surface area (Å²) in [5, 5.41) is 2.23. The third-order valence-electron chi connectivity index (χ3n) is 4.70. The smallest absolute Gasteiger partial charge is 0.280 e. The average Bonchev–Trinajstić information content (AvgIpc) is 2.65. The average molecular weight is 408 g/mol. The number of anilines is 1. The van der Waals surface area contributed by atoms with Crippen molar-refractivity contribution in [3.8, 4) is 0 Å². The van der Waals surface area contributed by atoms with Crippen LogP contribution >= 0.6 is 11.6 Å². The summed E-state index contributed by atoms with van der Waals surface area (Å²) in [6.45, 7) is 5.90. The van der Waals surface area contributed by atoms with E-state index in [1.807, 2.05) is 32.0 Å². The highest BCUT2D eigenvalue weighted by atomic mass is 35.5. The number of rotatable bonds is 5. The molecular formula is C19H22ClN3O3S. The first-order valence-corrected chi connectivity index (χ1v) is 10.5. The van der Waals surface area contributed by atoms with Gasteiger partial charge in [0, 0.05) is 36.9 Å². The van der Waals surface area contributed by atoms with Gasteiger partial charge in [0.15, 0.2) is 0 Å². The predicted molar refractivity (Wildman–Crippen MR) is 106 cm³/mol.